The Balaban J connectivity index is 2.15. The molecule has 0 aromatic heterocycles. The normalized spacial score (nSPS) is 11.5. The van der Waals surface area contributed by atoms with E-state index in [4.69, 9.17) is 22.4 Å². The highest BCUT2D eigenvalue weighted by Crippen LogP contribution is 2.22. The van der Waals surface area contributed by atoms with Crippen molar-refractivity contribution in [1.82, 2.24) is 4.72 Å². The van der Waals surface area contributed by atoms with Crippen LogP contribution >= 0.6 is 11.6 Å². The Bertz CT molecular complexity index is 730. The maximum atomic E-state index is 12.2. The van der Waals surface area contributed by atoms with Crippen molar-refractivity contribution in [1.29, 1.82) is 0 Å². The van der Waals surface area contributed by atoms with Crippen LogP contribution in [0.2, 0.25) is 5.02 Å². The van der Waals surface area contributed by atoms with E-state index < -0.39 is 10.0 Å². The summed E-state index contributed by atoms with van der Waals surface area (Å²) in [7, 11) is -3.74. The molecule has 0 saturated heterocycles. The fourth-order valence-electron chi connectivity index (χ4n) is 1.76. The highest BCUT2D eigenvalue weighted by atomic mass is 35.5. The van der Waals surface area contributed by atoms with Crippen LogP contribution in [0, 0.1) is 0 Å². The van der Waals surface area contributed by atoms with E-state index in [1.165, 1.54) is 18.2 Å². The molecule has 0 saturated carbocycles. The Labute approximate surface area is 128 Å². The molecule has 0 heterocycles. The summed E-state index contributed by atoms with van der Waals surface area (Å²) in [4.78, 5) is -0.0398. The summed E-state index contributed by atoms with van der Waals surface area (Å²) in [6, 6.07) is 11.3. The molecule has 0 atom stereocenters. The zero-order valence-corrected chi connectivity index (χ0v) is 12.7. The first-order valence-electron chi connectivity index (χ1n) is 6.16. The second-order valence-corrected chi connectivity index (χ2v) is 6.65. The van der Waals surface area contributed by atoms with Gasteiger partial charge in [0.05, 0.1) is 12.3 Å². The van der Waals surface area contributed by atoms with E-state index in [-0.39, 0.29) is 23.7 Å². The Morgan fingerprint density at radius 3 is 2.33 bits per heavy atom. The van der Waals surface area contributed by atoms with Gasteiger partial charge in [-0.05, 0) is 29.3 Å². The monoisotopic (exact) mass is 326 g/mol. The van der Waals surface area contributed by atoms with Crippen molar-refractivity contribution in [2.75, 3.05) is 5.73 Å². The van der Waals surface area contributed by atoms with Crippen LogP contribution in [-0.4, -0.2) is 13.5 Å². The number of nitrogens with one attached hydrogen (secondary N) is 1. The first-order chi connectivity index (χ1) is 9.92. The van der Waals surface area contributed by atoms with Crippen LogP contribution in [0.5, 0.6) is 0 Å². The molecule has 5 nitrogen and oxygen atoms in total. The van der Waals surface area contributed by atoms with E-state index in [1.54, 1.807) is 24.3 Å². The molecule has 0 aliphatic heterocycles. The standard InChI is InChI=1S/C14H15ClN2O3S/c15-12-5-6-13(16)14(7-12)21(19,20)17-8-10-1-3-11(9-18)4-2-10/h1-7,17-18H,8-9,16H2. The SMILES string of the molecule is Nc1ccc(Cl)cc1S(=O)(=O)NCc1ccc(CO)cc1. The van der Waals surface area contributed by atoms with Gasteiger partial charge in [-0.3, -0.25) is 0 Å². The van der Waals surface area contributed by atoms with Gasteiger partial charge >= 0.3 is 0 Å². The highest BCUT2D eigenvalue weighted by Gasteiger charge is 2.17. The van der Waals surface area contributed by atoms with Crippen LogP contribution in [0.3, 0.4) is 0 Å². The molecular formula is C14H15ClN2O3S. The molecule has 0 amide bonds. The number of nitrogens with two attached hydrogens (primary N) is 1. The lowest BCUT2D eigenvalue weighted by atomic mass is 10.1. The quantitative estimate of drug-likeness (QED) is 0.732. The Morgan fingerprint density at radius 2 is 1.71 bits per heavy atom. The van der Waals surface area contributed by atoms with E-state index >= 15 is 0 Å². The molecule has 0 fully saturated rings. The molecule has 2 aromatic carbocycles. The van der Waals surface area contributed by atoms with Gasteiger partial charge in [-0.25, -0.2) is 13.1 Å². The van der Waals surface area contributed by atoms with E-state index in [9.17, 15) is 8.42 Å². The number of halogens is 1. The molecule has 2 aromatic rings. The van der Waals surface area contributed by atoms with Crippen molar-refractivity contribution in [3.05, 3.63) is 58.6 Å². The Kier molecular flexibility index (Phi) is 4.84. The predicted molar refractivity (Wildman–Crippen MR) is 82.3 cm³/mol. The first-order valence-corrected chi connectivity index (χ1v) is 8.02. The van der Waals surface area contributed by atoms with Gasteiger partial charge in [-0.2, -0.15) is 0 Å². The predicted octanol–water partition coefficient (Wildman–Crippen LogP) is 1.89. The minimum atomic E-state index is -3.74. The van der Waals surface area contributed by atoms with Crippen molar-refractivity contribution in [2.45, 2.75) is 18.0 Å². The molecule has 0 aliphatic carbocycles. The first kappa shape index (κ1) is 15.8. The lowest BCUT2D eigenvalue weighted by Gasteiger charge is -2.10. The summed E-state index contributed by atoms with van der Waals surface area (Å²) >= 11 is 5.80. The third kappa shape index (κ3) is 3.95. The number of aliphatic hydroxyl groups is 1. The number of hydrogen-bond donors (Lipinski definition) is 3. The lowest BCUT2D eigenvalue weighted by molar-refractivity contribution is 0.282. The summed E-state index contributed by atoms with van der Waals surface area (Å²) in [6.07, 6.45) is 0. The van der Waals surface area contributed by atoms with E-state index in [0.717, 1.165) is 11.1 Å². The number of nitrogen functional groups attached to an aromatic ring is 1. The summed E-state index contributed by atoms with van der Waals surface area (Å²) in [5.41, 5.74) is 7.36. The number of aliphatic hydroxyl groups excluding tert-OH is 1. The number of anilines is 1. The van der Waals surface area contributed by atoms with Crippen molar-refractivity contribution >= 4 is 27.3 Å². The van der Waals surface area contributed by atoms with Gasteiger partial charge in [0.25, 0.3) is 0 Å². The molecule has 2 rings (SSSR count). The van der Waals surface area contributed by atoms with Crippen LogP contribution < -0.4 is 10.5 Å². The average molecular weight is 327 g/mol. The Morgan fingerprint density at radius 1 is 1.10 bits per heavy atom. The Hall–Kier alpha value is -1.60. The molecule has 7 heteroatoms. The summed E-state index contributed by atoms with van der Waals surface area (Å²) in [6.45, 7) is 0.0745. The number of rotatable bonds is 5. The van der Waals surface area contributed by atoms with Crippen LogP contribution in [0.4, 0.5) is 5.69 Å². The maximum Gasteiger partial charge on any atom is 0.242 e. The molecule has 0 unspecified atom stereocenters. The van der Waals surface area contributed by atoms with Gasteiger partial charge < -0.3 is 10.8 Å². The van der Waals surface area contributed by atoms with E-state index in [0.29, 0.717) is 5.02 Å². The molecule has 0 aliphatic rings. The zero-order valence-electron chi connectivity index (χ0n) is 11.1. The van der Waals surface area contributed by atoms with Gasteiger partial charge in [0.1, 0.15) is 4.90 Å². The fraction of sp³-hybridized carbons (Fsp3) is 0.143. The highest BCUT2D eigenvalue weighted by molar-refractivity contribution is 7.89. The van der Waals surface area contributed by atoms with E-state index in [1.807, 2.05) is 0 Å². The smallest absolute Gasteiger partial charge is 0.242 e. The van der Waals surface area contributed by atoms with Crippen molar-refractivity contribution in [3.8, 4) is 0 Å². The molecule has 4 N–H and O–H groups in total. The zero-order chi connectivity index (χ0) is 15.5. The van der Waals surface area contributed by atoms with Gasteiger partial charge in [0.2, 0.25) is 10.0 Å². The molecular weight excluding hydrogens is 312 g/mol. The van der Waals surface area contributed by atoms with Gasteiger partial charge in [0.15, 0.2) is 0 Å². The van der Waals surface area contributed by atoms with Crippen LogP contribution in [0.25, 0.3) is 0 Å². The molecule has 21 heavy (non-hydrogen) atoms. The van der Waals surface area contributed by atoms with Gasteiger partial charge in [-0.15, -0.1) is 0 Å². The van der Waals surface area contributed by atoms with Gasteiger partial charge in [0, 0.05) is 11.6 Å². The average Bonchev–Trinajstić information content (AvgIpc) is 2.48. The summed E-state index contributed by atoms with van der Waals surface area (Å²) in [5.74, 6) is 0. The molecule has 0 radical (unpaired) electrons. The molecule has 0 spiro atoms. The van der Waals surface area contributed by atoms with Crippen LogP contribution in [0.15, 0.2) is 47.4 Å². The third-order valence-corrected chi connectivity index (χ3v) is 4.63. The van der Waals surface area contributed by atoms with Crippen LogP contribution in [-0.2, 0) is 23.2 Å². The number of sulfonamides is 1. The van der Waals surface area contributed by atoms with Crippen molar-refractivity contribution < 1.29 is 13.5 Å². The van der Waals surface area contributed by atoms with Crippen LogP contribution in [0.1, 0.15) is 11.1 Å². The second-order valence-electron chi connectivity index (χ2n) is 4.48. The number of hydrogen-bond acceptors (Lipinski definition) is 4. The second kappa shape index (κ2) is 6.44. The number of benzene rings is 2. The fourth-order valence-corrected chi connectivity index (χ4v) is 3.17. The van der Waals surface area contributed by atoms with E-state index in [2.05, 4.69) is 4.72 Å². The molecule has 112 valence electrons. The summed E-state index contributed by atoms with van der Waals surface area (Å²) in [5, 5.41) is 9.26. The third-order valence-electron chi connectivity index (χ3n) is 2.94. The minimum absolute atomic E-state index is 0.0398. The maximum absolute atomic E-state index is 12.2. The summed E-state index contributed by atoms with van der Waals surface area (Å²) < 4.78 is 26.9. The lowest BCUT2D eigenvalue weighted by Crippen LogP contribution is -2.24. The minimum Gasteiger partial charge on any atom is -0.398 e. The van der Waals surface area contributed by atoms with Crippen molar-refractivity contribution in [3.63, 3.8) is 0 Å². The van der Waals surface area contributed by atoms with Gasteiger partial charge in [-0.1, -0.05) is 35.9 Å². The molecule has 0 bridgehead atoms. The topological polar surface area (TPSA) is 92.4 Å². The largest absolute Gasteiger partial charge is 0.398 e. The van der Waals surface area contributed by atoms with Crippen molar-refractivity contribution in [2.24, 2.45) is 0 Å².